The molecule has 0 saturated carbocycles. The summed E-state index contributed by atoms with van der Waals surface area (Å²) < 4.78 is 26.4. The molecule has 2 aromatic carbocycles. The van der Waals surface area contributed by atoms with Gasteiger partial charge in [-0.05, 0) is 63.4 Å². The number of carbonyl (C=O) groups excluding carboxylic acids is 3. The Bertz CT molecular complexity index is 1310. The first-order valence-electron chi connectivity index (χ1n) is 12.0. The summed E-state index contributed by atoms with van der Waals surface area (Å²) >= 11 is 12.4. The van der Waals surface area contributed by atoms with Crippen LogP contribution < -0.4 is 5.32 Å². The van der Waals surface area contributed by atoms with E-state index >= 15 is 0 Å². The second-order valence-corrected chi connectivity index (χ2v) is 12.6. The lowest BCUT2D eigenvalue weighted by atomic mass is 10.0. The number of rotatable bonds is 9. The van der Waals surface area contributed by atoms with Gasteiger partial charge in [-0.15, -0.1) is 0 Å². The number of fused-ring (bicyclic) bond motifs is 1. The third kappa shape index (κ3) is 6.64. The molecule has 1 heterocycles. The lowest BCUT2D eigenvalue weighted by Crippen LogP contribution is -2.53. The Kier molecular flexibility index (Phi) is 8.93. The molecule has 0 spiro atoms. The first kappa shape index (κ1) is 28.9. The van der Waals surface area contributed by atoms with E-state index in [9.17, 15) is 22.8 Å². The highest BCUT2D eigenvalue weighted by molar-refractivity contribution is 7.90. The first-order valence-corrected chi connectivity index (χ1v) is 14.2. The summed E-state index contributed by atoms with van der Waals surface area (Å²) in [5.41, 5.74) is 0.239. The Balaban J connectivity index is 1.79. The molecule has 11 heteroatoms. The quantitative estimate of drug-likeness (QED) is 0.475. The predicted molar refractivity (Wildman–Crippen MR) is 143 cm³/mol. The molecule has 200 valence electrons. The van der Waals surface area contributed by atoms with Crippen LogP contribution in [0.1, 0.15) is 62.9 Å². The molecule has 1 N–H and O–H groups in total. The van der Waals surface area contributed by atoms with Crippen LogP contribution in [0.2, 0.25) is 10.0 Å². The van der Waals surface area contributed by atoms with Gasteiger partial charge in [0.2, 0.25) is 11.8 Å². The van der Waals surface area contributed by atoms with E-state index in [-0.39, 0.29) is 48.2 Å². The maximum atomic E-state index is 13.5. The minimum absolute atomic E-state index is 0.0322. The minimum Gasteiger partial charge on any atom is -0.350 e. The highest BCUT2D eigenvalue weighted by Crippen LogP contribution is 2.30. The molecule has 2 aromatic rings. The molecule has 3 amide bonds. The van der Waals surface area contributed by atoms with Crippen LogP contribution in [0.15, 0.2) is 47.4 Å². The molecule has 3 rings (SSSR count). The molecule has 8 nitrogen and oxygen atoms in total. The fourth-order valence-corrected chi connectivity index (χ4v) is 6.25. The second kappa shape index (κ2) is 11.4. The van der Waals surface area contributed by atoms with Crippen molar-refractivity contribution in [1.82, 2.24) is 14.5 Å². The van der Waals surface area contributed by atoms with Crippen LogP contribution in [-0.2, 0) is 26.2 Å². The maximum absolute atomic E-state index is 13.5. The number of carbonyl (C=O) groups is 3. The summed E-state index contributed by atoms with van der Waals surface area (Å²) in [6, 6.07) is 10.2. The molecule has 0 fully saturated rings. The lowest BCUT2D eigenvalue weighted by molar-refractivity contribution is -0.142. The molecule has 0 saturated heterocycles. The number of hydrogen-bond acceptors (Lipinski definition) is 5. The fraction of sp³-hybridized carbons (Fsp3) is 0.423. The van der Waals surface area contributed by atoms with Crippen LogP contribution in [0.3, 0.4) is 0 Å². The lowest BCUT2D eigenvalue weighted by Gasteiger charge is -2.33. The van der Waals surface area contributed by atoms with Crippen molar-refractivity contribution in [3.63, 3.8) is 0 Å². The van der Waals surface area contributed by atoms with Crippen LogP contribution in [0.5, 0.6) is 0 Å². The zero-order chi connectivity index (χ0) is 27.5. The minimum atomic E-state index is -3.96. The van der Waals surface area contributed by atoms with Crippen molar-refractivity contribution in [3.8, 4) is 0 Å². The second-order valence-electron chi connectivity index (χ2n) is 9.90. The summed E-state index contributed by atoms with van der Waals surface area (Å²) in [5, 5.41) is 3.73. The van der Waals surface area contributed by atoms with Gasteiger partial charge in [0.15, 0.2) is 0 Å². The van der Waals surface area contributed by atoms with E-state index in [0.29, 0.717) is 22.0 Å². The molecular formula is C26H31Cl2N3O5S. The van der Waals surface area contributed by atoms with Crippen molar-refractivity contribution in [2.45, 2.75) is 70.0 Å². The van der Waals surface area contributed by atoms with Crippen LogP contribution >= 0.6 is 23.2 Å². The molecule has 1 aliphatic rings. The van der Waals surface area contributed by atoms with E-state index in [1.165, 1.54) is 17.0 Å². The number of halogens is 2. The van der Waals surface area contributed by atoms with Gasteiger partial charge in [0, 0.05) is 35.1 Å². The van der Waals surface area contributed by atoms with Gasteiger partial charge in [0.05, 0.1) is 5.56 Å². The third-order valence-electron chi connectivity index (χ3n) is 5.90. The van der Waals surface area contributed by atoms with Crippen molar-refractivity contribution in [2.75, 3.05) is 6.54 Å². The molecule has 0 aliphatic carbocycles. The van der Waals surface area contributed by atoms with E-state index in [2.05, 4.69) is 5.32 Å². The van der Waals surface area contributed by atoms with Crippen molar-refractivity contribution in [2.24, 2.45) is 0 Å². The van der Waals surface area contributed by atoms with E-state index in [0.717, 1.165) is 4.31 Å². The van der Waals surface area contributed by atoms with Crippen LogP contribution in [0.25, 0.3) is 0 Å². The number of sulfonamides is 1. The van der Waals surface area contributed by atoms with Gasteiger partial charge in [0.1, 0.15) is 10.9 Å². The molecule has 1 aliphatic heterocycles. The van der Waals surface area contributed by atoms with E-state index in [1.807, 2.05) is 27.7 Å². The number of nitrogens with zero attached hydrogens (tertiary/aromatic N) is 2. The Morgan fingerprint density at radius 2 is 1.78 bits per heavy atom. The predicted octanol–water partition coefficient (Wildman–Crippen LogP) is 4.64. The summed E-state index contributed by atoms with van der Waals surface area (Å²) in [4.78, 5) is 40.7. The summed E-state index contributed by atoms with van der Waals surface area (Å²) in [5.74, 6) is -1.27. The molecule has 0 unspecified atom stereocenters. The molecule has 0 aromatic heterocycles. The Morgan fingerprint density at radius 3 is 2.38 bits per heavy atom. The first-order chi connectivity index (χ1) is 17.3. The number of benzene rings is 2. The standard InChI is InChI=1S/C26H31Cl2N3O5S/c1-5-21(24(33)29-26(2,3)4)30(16-17-12-13-18(27)15-20(17)28)23(32)11-8-14-31-25(34)19-9-6-7-10-22(19)37(31,35)36/h6-7,9-10,12-13,15,21H,5,8,11,14,16H2,1-4H3,(H,29,33)/t21-/m0/s1. The van der Waals surface area contributed by atoms with Crippen LogP contribution in [-0.4, -0.2) is 53.5 Å². The monoisotopic (exact) mass is 567 g/mol. The molecular weight excluding hydrogens is 537 g/mol. The molecule has 0 radical (unpaired) electrons. The zero-order valence-corrected chi connectivity index (χ0v) is 23.6. The largest absolute Gasteiger partial charge is 0.350 e. The van der Waals surface area contributed by atoms with Crippen LogP contribution in [0.4, 0.5) is 0 Å². The average molecular weight is 569 g/mol. The van der Waals surface area contributed by atoms with Gasteiger partial charge in [-0.2, -0.15) is 0 Å². The summed E-state index contributed by atoms with van der Waals surface area (Å²) in [6.45, 7) is 7.28. The zero-order valence-electron chi connectivity index (χ0n) is 21.3. The molecule has 1 atom stereocenters. The number of hydrogen-bond donors (Lipinski definition) is 1. The SMILES string of the molecule is CC[C@@H](C(=O)NC(C)(C)C)N(Cc1ccc(Cl)cc1Cl)C(=O)CCCN1C(=O)c2ccccc2S1(=O)=O. The fourth-order valence-electron chi connectivity index (χ4n) is 4.18. The van der Waals surface area contributed by atoms with Gasteiger partial charge in [-0.1, -0.05) is 48.3 Å². The summed E-state index contributed by atoms with van der Waals surface area (Å²) in [6.07, 6.45) is 0.382. The normalized spacial score (nSPS) is 15.3. The molecule has 37 heavy (non-hydrogen) atoms. The van der Waals surface area contributed by atoms with Crippen molar-refractivity contribution >= 4 is 50.9 Å². The molecule has 0 bridgehead atoms. The number of amides is 3. The van der Waals surface area contributed by atoms with Gasteiger partial charge in [-0.25, -0.2) is 12.7 Å². The van der Waals surface area contributed by atoms with Crippen molar-refractivity contribution in [3.05, 3.63) is 63.6 Å². The van der Waals surface area contributed by atoms with E-state index < -0.39 is 27.5 Å². The smallest absolute Gasteiger partial charge is 0.269 e. The highest BCUT2D eigenvalue weighted by Gasteiger charge is 2.40. The Hall–Kier alpha value is -2.62. The van der Waals surface area contributed by atoms with Crippen molar-refractivity contribution < 1.29 is 22.8 Å². The Labute approximate surface area is 228 Å². The summed E-state index contributed by atoms with van der Waals surface area (Å²) in [7, 11) is -3.96. The number of nitrogens with one attached hydrogen (secondary N) is 1. The van der Waals surface area contributed by atoms with Gasteiger partial charge in [0.25, 0.3) is 15.9 Å². The topological polar surface area (TPSA) is 104 Å². The van der Waals surface area contributed by atoms with E-state index in [1.54, 1.807) is 30.3 Å². The average Bonchev–Trinajstić information content (AvgIpc) is 2.99. The van der Waals surface area contributed by atoms with Gasteiger partial charge in [-0.3, -0.25) is 14.4 Å². The Morgan fingerprint density at radius 1 is 1.11 bits per heavy atom. The van der Waals surface area contributed by atoms with Gasteiger partial charge >= 0.3 is 0 Å². The third-order valence-corrected chi connectivity index (χ3v) is 8.33. The maximum Gasteiger partial charge on any atom is 0.269 e. The highest BCUT2D eigenvalue weighted by atomic mass is 35.5. The van der Waals surface area contributed by atoms with Crippen LogP contribution in [0, 0.1) is 0 Å². The van der Waals surface area contributed by atoms with Crippen molar-refractivity contribution in [1.29, 1.82) is 0 Å². The van der Waals surface area contributed by atoms with Gasteiger partial charge < -0.3 is 10.2 Å². The van der Waals surface area contributed by atoms with E-state index in [4.69, 9.17) is 23.2 Å².